The lowest BCUT2D eigenvalue weighted by Gasteiger charge is -2.05. The summed E-state index contributed by atoms with van der Waals surface area (Å²) in [4.78, 5) is 25.5. The topological polar surface area (TPSA) is 90.0 Å². The van der Waals surface area contributed by atoms with Crippen molar-refractivity contribution < 1.29 is 4.79 Å². The highest BCUT2D eigenvalue weighted by molar-refractivity contribution is 7.15. The van der Waals surface area contributed by atoms with E-state index in [1.165, 1.54) is 17.7 Å². The molecule has 4 aromatic heterocycles. The Kier molecular flexibility index (Phi) is 3.31. The number of rotatable bonds is 4. The van der Waals surface area contributed by atoms with Gasteiger partial charge in [0.2, 0.25) is 5.91 Å². The number of nitrogens with zero attached hydrogens (tertiary/aromatic N) is 6. The van der Waals surface area contributed by atoms with Crippen LogP contribution in [0.2, 0.25) is 0 Å². The Balaban J connectivity index is 1.43. The molecule has 1 amide bonds. The van der Waals surface area contributed by atoms with Crippen molar-refractivity contribution in [3.63, 3.8) is 0 Å². The van der Waals surface area contributed by atoms with Crippen molar-refractivity contribution in [2.45, 2.75) is 6.42 Å². The molecule has 0 saturated heterocycles. The molecule has 0 fully saturated rings. The first-order chi connectivity index (χ1) is 11.3. The van der Waals surface area contributed by atoms with Crippen molar-refractivity contribution in [1.82, 2.24) is 29.1 Å². The third-order valence-electron chi connectivity index (χ3n) is 3.17. The van der Waals surface area contributed by atoms with Crippen molar-refractivity contribution in [1.29, 1.82) is 0 Å². The molecule has 0 atom stereocenters. The van der Waals surface area contributed by atoms with Gasteiger partial charge < -0.3 is 5.32 Å². The van der Waals surface area contributed by atoms with E-state index in [-0.39, 0.29) is 12.3 Å². The molecule has 0 aliphatic heterocycles. The van der Waals surface area contributed by atoms with Crippen LogP contribution in [0.1, 0.15) is 5.69 Å². The van der Waals surface area contributed by atoms with E-state index < -0.39 is 0 Å². The Labute approximate surface area is 134 Å². The van der Waals surface area contributed by atoms with Crippen LogP contribution in [0, 0.1) is 0 Å². The highest BCUT2D eigenvalue weighted by atomic mass is 32.1. The number of pyridine rings is 1. The summed E-state index contributed by atoms with van der Waals surface area (Å²) >= 11 is 1.54. The lowest BCUT2D eigenvalue weighted by molar-refractivity contribution is -0.115. The standard InChI is InChI=1S/C14H11N7OS/c22-13(5-11-7-20-3-4-23-14(20)19-11)18-10-1-2-12(16-6-10)21-9-15-8-17-21/h1-4,6-9H,5H2,(H,18,22). The van der Waals surface area contributed by atoms with Gasteiger partial charge in [0.1, 0.15) is 12.7 Å². The highest BCUT2D eigenvalue weighted by Gasteiger charge is 2.09. The lowest BCUT2D eigenvalue weighted by atomic mass is 10.3. The number of thiazole rings is 1. The second-order valence-electron chi connectivity index (χ2n) is 4.80. The van der Waals surface area contributed by atoms with E-state index in [1.807, 2.05) is 22.2 Å². The summed E-state index contributed by atoms with van der Waals surface area (Å²) in [6.07, 6.45) is 8.58. The third-order valence-corrected chi connectivity index (χ3v) is 3.94. The summed E-state index contributed by atoms with van der Waals surface area (Å²) in [5, 5.41) is 8.75. The minimum absolute atomic E-state index is 0.133. The first-order valence-corrected chi connectivity index (χ1v) is 7.68. The van der Waals surface area contributed by atoms with Crippen LogP contribution in [0.15, 0.2) is 48.8 Å². The zero-order chi connectivity index (χ0) is 15.6. The zero-order valence-electron chi connectivity index (χ0n) is 11.8. The molecule has 0 aromatic carbocycles. The van der Waals surface area contributed by atoms with E-state index in [4.69, 9.17) is 0 Å². The van der Waals surface area contributed by atoms with E-state index >= 15 is 0 Å². The van der Waals surface area contributed by atoms with E-state index in [9.17, 15) is 4.79 Å². The van der Waals surface area contributed by atoms with Crippen molar-refractivity contribution in [2.24, 2.45) is 0 Å². The van der Waals surface area contributed by atoms with Crippen molar-refractivity contribution in [3.8, 4) is 5.82 Å². The van der Waals surface area contributed by atoms with Crippen molar-refractivity contribution >= 4 is 27.9 Å². The van der Waals surface area contributed by atoms with Gasteiger partial charge in [-0.2, -0.15) is 5.10 Å². The van der Waals surface area contributed by atoms with Crippen LogP contribution in [-0.4, -0.2) is 35.0 Å². The number of imidazole rings is 1. The number of fused-ring (bicyclic) bond motifs is 1. The molecule has 8 nitrogen and oxygen atoms in total. The zero-order valence-corrected chi connectivity index (χ0v) is 12.6. The maximum atomic E-state index is 12.1. The molecule has 0 saturated carbocycles. The minimum atomic E-state index is -0.133. The minimum Gasteiger partial charge on any atom is -0.324 e. The number of hydrogen-bond donors (Lipinski definition) is 1. The molecule has 4 aromatic rings. The van der Waals surface area contributed by atoms with Gasteiger partial charge in [-0.15, -0.1) is 11.3 Å². The van der Waals surface area contributed by atoms with Gasteiger partial charge >= 0.3 is 0 Å². The van der Waals surface area contributed by atoms with Gasteiger partial charge in [-0.1, -0.05) is 0 Å². The molecule has 4 rings (SSSR count). The molecule has 1 N–H and O–H groups in total. The lowest BCUT2D eigenvalue weighted by Crippen LogP contribution is -2.15. The smallest absolute Gasteiger partial charge is 0.230 e. The van der Waals surface area contributed by atoms with Gasteiger partial charge in [0.25, 0.3) is 0 Å². The van der Waals surface area contributed by atoms with Crippen LogP contribution in [-0.2, 0) is 11.2 Å². The van der Waals surface area contributed by atoms with Crippen LogP contribution in [0.5, 0.6) is 0 Å². The van der Waals surface area contributed by atoms with Crippen LogP contribution < -0.4 is 5.32 Å². The Bertz CT molecular complexity index is 911. The van der Waals surface area contributed by atoms with Crippen LogP contribution in [0.25, 0.3) is 10.8 Å². The van der Waals surface area contributed by atoms with Crippen molar-refractivity contribution in [3.05, 3.63) is 54.5 Å². The van der Waals surface area contributed by atoms with E-state index in [0.29, 0.717) is 11.5 Å². The number of amides is 1. The molecule has 0 radical (unpaired) electrons. The second-order valence-corrected chi connectivity index (χ2v) is 5.67. The Morgan fingerprint density at radius 1 is 1.35 bits per heavy atom. The fourth-order valence-corrected chi connectivity index (χ4v) is 2.87. The van der Waals surface area contributed by atoms with E-state index in [1.54, 1.807) is 29.3 Å². The van der Waals surface area contributed by atoms with Crippen LogP contribution in [0.4, 0.5) is 5.69 Å². The monoisotopic (exact) mass is 325 g/mol. The Morgan fingerprint density at radius 3 is 3.04 bits per heavy atom. The number of carbonyl (C=O) groups excluding carboxylic acids is 1. The van der Waals surface area contributed by atoms with E-state index in [2.05, 4.69) is 25.4 Å². The molecule has 4 heterocycles. The number of aromatic nitrogens is 6. The van der Waals surface area contributed by atoms with Gasteiger partial charge in [0.15, 0.2) is 10.8 Å². The SMILES string of the molecule is O=C(Cc1cn2ccsc2n1)Nc1ccc(-n2cncn2)nc1. The predicted octanol–water partition coefficient (Wildman–Crippen LogP) is 1.55. The molecule has 0 unspecified atom stereocenters. The fraction of sp³-hybridized carbons (Fsp3) is 0.0714. The quantitative estimate of drug-likeness (QED) is 0.615. The average molecular weight is 325 g/mol. The van der Waals surface area contributed by atoms with Gasteiger partial charge in [0.05, 0.1) is 24.0 Å². The Hall–Kier alpha value is -3.07. The molecular weight excluding hydrogens is 314 g/mol. The normalized spacial score (nSPS) is 11.0. The van der Waals surface area contributed by atoms with Gasteiger partial charge in [-0.05, 0) is 12.1 Å². The summed E-state index contributed by atoms with van der Waals surface area (Å²) in [5.41, 5.74) is 1.36. The molecule has 114 valence electrons. The molecule has 0 bridgehead atoms. The molecule has 0 aliphatic rings. The summed E-state index contributed by atoms with van der Waals surface area (Å²) in [6.45, 7) is 0. The molecule has 9 heteroatoms. The molecule has 0 spiro atoms. The number of anilines is 1. The molecular formula is C14H11N7OS. The summed E-state index contributed by atoms with van der Waals surface area (Å²) in [6, 6.07) is 3.53. The summed E-state index contributed by atoms with van der Waals surface area (Å²) < 4.78 is 3.45. The first-order valence-electron chi connectivity index (χ1n) is 6.80. The highest BCUT2D eigenvalue weighted by Crippen LogP contribution is 2.13. The van der Waals surface area contributed by atoms with Gasteiger partial charge in [-0.25, -0.2) is 19.6 Å². The van der Waals surface area contributed by atoms with Crippen LogP contribution >= 0.6 is 11.3 Å². The number of carbonyl (C=O) groups is 1. The summed E-state index contributed by atoms with van der Waals surface area (Å²) in [5.74, 6) is 0.501. The maximum absolute atomic E-state index is 12.1. The fourth-order valence-electron chi connectivity index (χ4n) is 2.15. The largest absolute Gasteiger partial charge is 0.324 e. The van der Waals surface area contributed by atoms with Gasteiger partial charge in [0, 0.05) is 17.8 Å². The van der Waals surface area contributed by atoms with Gasteiger partial charge in [-0.3, -0.25) is 9.20 Å². The maximum Gasteiger partial charge on any atom is 0.230 e. The molecule has 0 aliphatic carbocycles. The second kappa shape index (κ2) is 5.61. The van der Waals surface area contributed by atoms with Crippen molar-refractivity contribution in [2.75, 3.05) is 5.32 Å². The Morgan fingerprint density at radius 2 is 2.30 bits per heavy atom. The average Bonchev–Trinajstić information content (AvgIpc) is 3.24. The van der Waals surface area contributed by atoms with Crippen LogP contribution in [0.3, 0.4) is 0 Å². The molecule has 23 heavy (non-hydrogen) atoms. The predicted molar refractivity (Wildman–Crippen MR) is 84.6 cm³/mol. The number of hydrogen-bond acceptors (Lipinski definition) is 6. The first kappa shape index (κ1) is 13.6. The number of nitrogens with one attached hydrogen (secondary N) is 1. The summed E-state index contributed by atoms with van der Waals surface area (Å²) in [7, 11) is 0. The third kappa shape index (κ3) is 2.81. The van der Waals surface area contributed by atoms with E-state index in [0.717, 1.165) is 10.7 Å².